The van der Waals surface area contributed by atoms with Crippen molar-refractivity contribution in [2.45, 2.75) is 86.4 Å². The van der Waals surface area contributed by atoms with Crippen LogP contribution in [0.5, 0.6) is 17.2 Å². The highest BCUT2D eigenvalue weighted by molar-refractivity contribution is 7.90. The van der Waals surface area contributed by atoms with Crippen LogP contribution in [0.15, 0.2) is 96.2 Å². The number of amides is 1. The minimum atomic E-state index is -4.65. The minimum absolute atomic E-state index is 0.0660. The third-order valence-electron chi connectivity index (χ3n) is 12.3. The average molecular weight is 836 g/mol. The molecule has 2 aliphatic heterocycles. The number of sulfonamides is 1. The molecule has 0 spiro atoms. The fraction of sp³-hybridized carbons (Fsp3) is 0.378. The van der Waals surface area contributed by atoms with Crippen molar-refractivity contribution in [3.05, 3.63) is 124 Å². The number of nitro benzene ring substituents is 1. The molecule has 4 aliphatic rings. The van der Waals surface area contributed by atoms with Gasteiger partial charge in [-0.3, -0.25) is 19.8 Å². The molecule has 2 N–H and O–H groups in total. The predicted octanol–water partition coefficient (Wildman–Crippen LogP) is 8.93. The molecular weight excluding hydrogens is 790 g/mol. The Bertz CT molecular complexity index is 2590. The summed E-state index contributed by atoms with van der Waals surface area (Å²) >= 11 is 0. The zero-order chi connectivity index (χ0) is 41.4. The first-order valence-electron chi connectivity index (χ1n) is 20.6. The van der Waals surface area contributed by atoms with Gasteiger partial charge in [0, 0.05) is 55.8 Å². The largest absolute Gasteiger partial charge is 0.483 e. The third-order valence-corrected chi connectivity index (χ3v) is 13.6. The number of halogens is 1. The minimum Gasteiger partial charge on any atom is -0.483 e. The van der Waals surface area contributed by atoms with Gasteiger partial charge in [-0.2, -0.15) is 0 Å². The summed E-state index contributed by atoms with van der Waals surface area (Å²) < 4.78 is 61.5. The van der Waals surface area contributed by atoms with E-state index in [0.29, 0.717) is 29.4 Å². The molecule has 2 atom stereocenters. The number of rotatable bonds is 13. The maximum absolute atomic E-state index is 15.2. The van der Waals surface area contributed by atoms with E-state index in [2.05, 4.69) is 49.9 Å². The molecule has 1 saturated carbocycles. The number of hydrogen-bond acceptors (Lipinski definition) is 10. The van der Waals surface area contributed by atoms with Crippen LogP contribution in [0, 0.1) is 10.1 Å². The molecule has 2 unspecified atom stereocenters. The Hall–Kier alpha value is -5.64. The molecule has 0 radical (unpaired) electrons. The highest BCUT2D eigenvalue weighted by atomic mass is 32.2. The van der Waals surface area contributed by atoms with Crippen LogP contribution in [0.3, 0.4) is 0 Å². The van der Waals surface area contributed by atoms with Crippen LogP contribution in [0.4, 0.5) is 10.1 Å². The van der Waals surface area contributed by atoms with Gasteiger partial charge in [0.25, 0.3) is 15.9 Å². The summed E-state index contributed by atoms with van der Waals surface area (Å²) in [6, 6.07) is 21.4. The van der Waals surface area contributed by atoms with E-state index in [1.54, 1.807) is 24.4 Å². The first-order valence-corrected chi connectivity index (χ1v) is 22.1. The van der Waals surface area contributed by atoms with Crippen molar-refractivity contribution in [1.29, 1.82) is 0 Å². The number of nitro groups is 1. The van der Waals surface area contributed by atoms with Crippen LogP contribution in [0.25, 0.3) is 16.6 Å². The van der Waals surface area contributed by atoms with Gasteiger partial charge in [0.2, 0.25) is 0 Å². The lowest BCUT2D eigenvalue weighted by Gasteiger charge is -2.36. The normalized spacial score (nSPS) is 20.7. The monoisotopic (exact) mass is 835 g/mol. The van der Waals surface area contributed by atoms with Gasteiger partial charge in [-0.15, -0.1) is 0 Å². The maximum Gasteiger partial charge on any atom is 0.312 e. The number of hydrogen-bond donors (Lipinski definition) is 2. The van der Waals surface area contributed by atoms with Crippen molar-refractivity contribution in [3.8, 4) is 17.2 Å². The third kappa shape index (κ3) is 8.38. The first kappa shape index (κ1) is 39.8. The van der Waals surface area contributed by atoms with Gasteiger partial charge >= 0.3 is 5.69 Å². The summed E-state index contributed by atoms with van der Waals surface area (Å²) in [5.74, 6) is -0.160. The zero-order valence-corrected chi connectivity index (χ0v) is 33.8. The van der Waals surface area contributed by atoms with Gasteiger partial charge < -0.3 is 19.2 Å². The molecule has 60 heavy (non-hydrogen) atoms. The molecule has 312 valence electrons. The molecule has 0 bridgehead atoms. The van der Waals surface area contributed by atoms with E-state index in [0.717, 1.165) is 66.9 Å². The van der Waals surface area contributed by atoms with Gasteiger partial charge in [0.15, 0.2) is 5.75 Å². The van der Waals surface area contributed by atoms with Gasteiger partial charge in [0.1, 0.15) is 29.4 Å². The van der Waals surface area contributed by atoms with Crippen molar-refractivity contribution in [3.63, 3.8) is 0 Å². The number of H-pyrrole nitrogens is 1. The Kier molecular flexibility index (Phi) is 10.9. The number of ether oxygens (including phenoxy) is 3. The summed E-state index contributed by atoms with van der Waals surface area (Å²) in [6.45, 7) is 1.00. The standard InChI is InChI=1S/C45H46FN5O8S/c46-45(18-22-57-23-19-45)28-58-41-16-14-35(26-40(41)51(53)54)60(55,56)49-44(52)38-15-11-31(25-42(38)59-34-24-32-17-20-47-43(32)48-27-34)29-9-12-33(13-10-29)50-21-3-6-39(50)37-5-2-1-4-36(37)30-7-8-30/h1-2,4-5,9,11,14-17,20,24-27,30,33,39H,3,6-8,10,12-13,18-19,21-23,28H2,(H,47,48)(H,49,52). The molecule has 15 heteroatoms. The van der Waals surface area contributed by atoms with E-state index in [9.17, 15) is 23.3 Å². The molecule has 13 nitrogen and oxygen atoms in total. The number of pyridine rings is 1. The number of allylic oxidation sites excluding steroid dienone is 1. The molecule has 1 amide bonds. The summed E-state index contributed by atoms with van der Waals surface area (Å²) in [4.78, 5) is 34.7. The molecule has 4 heterocycles. The quantitative estimate of drug-likeness (QED) is 0.0864. The van der Waals surface area contributed by atoms with Crippen molar-refractivity contribution in [2.75, 3.05) is 26.4 Å². The fourth-order valence-electron chi connectivity index (χ4n) is 8.87. The fourth-order valence-corrected chi connectivity index (χ4v) is 9.86. The van der Waals surface area contributed by atoms with Crippen molar-refractivity contribution in [2.24, 2.45) is 0 Å². The van der Waals surface area contributed by atoms with Crippen LogP contribution in [-0.4, -0.2) is 72.2 Å². The van der Waals surface area contributed by atoms with Crippen LogP contribution in [0.1, 0.15) is 96.8 Å². The van der Waals surface area contributed by atoms with Gasteiger partial charge in [-0.1, -0.05) is 36.4 Å². The number of alkyl halides is 1. The lowest BCUT2D eigenvalue weighted by atomic mass is 9.88. The van der Waals surface area contributed by atoms with Crippen LogP contribution in [-0.2, 0) is 14.8 Å². The number of likely N-dealkylation sites (tertiary alicyclic amines) is 1. The van der Waals surface area contributed by atoms with Crippen molar-refractivity contribution >= 4 is 38.2 Å². The Balaban J connectivity index is 0.956. The summed E-state index contributed by atoms with van der Waals surface area (Å²) in [5, 5.41) is 12.8. The van der Waals surface area contributed by atoms with Crippen LogP contribution in [0.2, 0.25) is 0 Å². The second-order valence-electron chi connectivity index (χ2n) is 16.2. The van der Waals surface area contributed by atoms with E-state index in [1.807, 2.05) is 6.07 Å². The molecule has 2 aliphatic carbocycles. The molecule has 5 aromatic rings. The second kappa shape index (κ2) is 16.4. The Morgan fingerprint density at radius 1 is 1.02 bits per heavy atom. The van der Waals surface area contributed by atoms with E-state index in [-0.39, 0.29) is 43.1 Å². The van der Waals surface area contributed by atoms with Gasteiger partial charge in [0.05, 0.1) is 21.6 Å². The number of aromatic nitrogens is 2. The zero-order valence-electron chi connectivity index (χ0n) is 33.0. The molecule has 9 rings (SSSR count). The second-order valence-corrected chi connectivity index (χ2v) is 17.9. The number of fused-ring (bicyclic) bond motifs is 1. The number of nitrogens with zero attached hydrogens (tertiary/aromatic N) is 3. The van der Waals surface area contributed by atoms with Crippen LogP contribution >= 0.6 is 0 Å². The summed E-state index contributed by atoms with van der Waals surface area (Å²) in [6.07, 6.45) is 13.2. The first-order chi connectivity index (χ1) is 29.0. The highest BCUT2D eigenvalue weighted by Crippen LogP contribution is 2.47. The van der Waals surface area contributed by atoms with Crippen molar-refractivity contribution in [1.82, 2.24) is 19.6 Å². The summed E-state index contributed by atoms with van der Waals surface area (Å²) in [5.41, 5.74) is 3.10. The van der Waals surface area contributed by atoms with Gasteiger partial charge in [-0.05, 0) is 116 Å². The topological polar surface area (TPSA) is 166 Å². The maximum atomic E-state index is 15.2. The highest BCUT2D eigenvalue weighted by Gasteiger charge is 2.37. The van der Waals surface area contributed by atoms with E-state index in [1.165, 1.54) is 42.7 Å². The SMILES string of the molecule is O=C(NS(=O)(=O)c1ccc(OCC2(F)CCOCC2)c([N+](=O)[O-])c1)c1ccc(C2=CCC(N3CCCC3c3ccccc3C3CC3)CC2)cc1Oc1cnc2[nH]ccc2c1. The number of benzene rings is 3. The molecule has 3 fully saturated rings. The van der Waals surface area contributed by atoms with Crippen LogP contribution < -0.4 is 14.2 Å². The van der Waals surface area contributed by atoms with Gasteiger partial charge in [-0.25, -0.2) is 22.5 Å². The Morgan fingerprint density at radius 2 is 1.83 bits per heavy atom. The number of nitrogens with one attached hydrogen (secondary N) is 2. The lowest BCUT2D eigenvalue weighted by molar-refractivity contribution is -0.386. The Labute approximate surface area is 347 Å². The summed E-state index contributed by atoms with van der Waals surface area (Å²) in [7, 11) is -4.65. The van der Waals surface area contributed by atoms with Crippen molar-refractivity contribution < 1.29 is 36.7 Å². The lowest BCUT2D eigenvalue weighted by Crippen LogP contribution is -2.37. The molecule has 2 saturated heterocycles. The molecular formula is C45H46FN5O8S. The number of aromatic amines is 1. The predicted molar refractivity (Wildman–Crippen MR) is 222 cm³/mol. The average Bonchev–Trinajstić information content (AvgIpc) is 3.79. The molecule has 3 aromatic carbocycles. The Morgan fingerprint density at radius 3 is 2.60 bits per heavy atom. The number of carbonyl (C=O) groups excluding carboxylic acids is 1. The number of carbonyl (C=O) groups is 1. The van der Waals surface area contributed by atoms with E-state index >= 15 is 4.39 Å². The molecule has 2 aromatic heterocycles. The van der Waals surface area contributed by atoms with E-state index < -0.39 is 43.7 Å². The smallest absolute Gasteiger partial charge is 0.312 e. The van der Waals surface area contributed by atoms with E-state index in [4.69, 9.17) is 14.2 Å².